The van der Waals surface area contributed by atoms with Gasteiger partial charge in [0.15, 0.2) is 6.10 Å². The smallest absolute Gasteiger partial charge is 0.260 e. The third-order valence-electron chi connectivity index (χ3n) is 3.52. The van der Waals surface area contributed by atoms with Crippen molar-refractivity contribution in [1.82, 2.24) is 5.32 Å². The van der Waals surface area contributed by atoms with Gasteiger partial charge in [0.05, 0.1) is 4.47 Å². The SMILES string of the molecule is CC(Oc1ccc(F)cc1Br)C(=O)NC1CCCCC1. The summed E-state index contributed by atoms with van der Waals surface area (Å²) in [6.07, 6.45) is 5.07. The summed E-state index contributed by atoms with van der Waals surface area (Å²) in [5.41, 5.74) is 0. The van der Waals surface area contributed by atoms with E-state index in [4.69, 9.17) is 4.74 Å². The number of carbonyl (C=O) groups is 1. The van der Waals surface area contributed by atoms with Crippen LogP contribution in [0.25, 0.3) is 0 Å². The summed E-state index contributed by atoms with van der Waals surface area (Å²) in [4.78, 5) is 12.1. The van der Waals surface area contributed by atoms with Crippen molar-refractivity contribution in [2.45, 2.75) is 51.2 Å². The maximum Gasteiger partial charge on any atom is 0.260 e. The molecule has 1 unspecified atom stereocenters. The number of hydrogen-bond acceptors (Lipinski definition) is 2. The first-order valence-electron chi connectivity index (χ1n) is 6.98. The number of benzene rings is 1. The molecule has 0 saturated heterocycles. The molecule has 0 radical (unpaired) electrons. The van der Waals surface area contributed by atoms with Gasteiger partial charge >= 0.3 is 0 Å². The van der Waals surface area contributed by atoms with E-state index in [0.717, 1.165) is 12.8 Å². The molecule has 1 amide bonds. The van der Waals surface area contributed by atoms with Crippen molar-refractivity contribution in [3.8, 4) is 5.75 Å². The fraction of sp³-hybridized carbons (Fsp3) is 0.533. The minimum absolute atomic E-state index is 0.117. The van der Waals surface area contributed by atoms with Gasteiger partial charge in [-0.15, -0.1) is 0 Å². The molecule has 0 aromatic heterocycles. The zero-order valence-electron chi connectivity index (χ0n) is 11.5. The molecule has 3 nitrogen and oxygen atoms in total. The van der Waals surface area contributed by atoms with Crippen LogP contribution in [0.5, 0.6) is 5.75 Å². The van der Waals surface area contributed by atoms with Crippen LogP contribution < -0.4 is 10.1 Å². The lowest BCUT2D eigenvalue weighted by atomic mass is 9.95. The van der Waals surface area contributed by atoms with Crippen LogP contribution in [-0.4, -0.2) is 18.1 Å². The van der Waals surface area contributed by atoms with Gasteiger partial charge in [0.25, 0.3) is 5.91 Å². The monoisotopic (exact) mass is 343 g/mol. The van der Waals surface area contributed by atoms with Crippen LogP contribution >= 0.6 is 15.9 Å². The summed E-state index contributed by atoms with van der Waals surface area (Å²) in [5, 5.41) is 3.02. The summed E-state index contributed by atoms with van der Waals surface area (Å²) >= 11 is 3.23. The Bertz CT molecular complexity index is 475. The van der Waals surface area contributed by atoms with E-state index in [1.165, 1.54) is 37.5 Å². The second-order valence-corrected chi connectivity index (χ2v) is 6.03. The number of carbonyl (C=O) groups excluding carboxylic acids is 1. The van der Waals surface area contributed by atoms with E-state index in [9.17, 15) is 9.18 Å². The van der Waals surface area contributed by atoms with Gasteiger partial charge in [0.2, 0.25) is 0 Å². The predicted octanol–water partition coefficient (Wildman–Crippen LogP) is 3.80. The summed E-state index contributed by atoms with van der Waals surface area (Å²) in [6, 6.07) is 4.41. The average Bonchev–Trinajstić information content (AvgIpc) is 2.43. The van der Waals surface area contributed by atoms with Crippen LogP contribution in [0.15, 0.2) is 22.7 Å². The molecule has 1 saturated carbocycles. The molecule has 1 aromatic rings. The van der Waals surface area contributed by atoms with Crippen molar-refractivity contribution >= 4 is 21.8 Å². The van der Waals surface area contributed by atoms with Gasteiger partial charge in [-0.2, -0.15) is 0 Å². The van der Waals surface area contributed by atoms with Gasteiger partial charge in [0, 0.05) is 6.04 Å². The molecule has 1 aromatic carbocycles. The highest BCUT2D eigenvalue weighted by Gasteiger charge is 2.21. The fourth-order valence-corrected chi connectivity index (χ4v) is 2.82. The van der Waals surface area contributed by atoms with Crippen molar-refractivity contribution in [3.05, 3.63) is 28.5 Å². The minimum Gasteiger partial charge on any atom is -0.480 e. The maximum absolute atomic E-state index is 13.0. The van der Waals surface area contributed by atoms with Crippen LogP contribution in [0, 0.1) is 5.82 Å². The normalized spacial score (nSPS) is 17.6. The molecule has 1 N–H and O–H groups in total. The van der Waals surface area contributed by atoms with E-state index in [0.29, 0.717) is 10.2 Å². The first-order valence-corrected chi connectivity index (χ1v) is 7.77. The molecule has 2 rings (SSSR count). The average molecular weight is 344 g/mol. The Hall–Kier alpha value is -1.10. The van der Waals surface area contributed by atoms with Crippen LogP contribution in [0.1, 0.15) is 39.0 Å². The van der Waals surface area contributed by atoms with Crippen molar-refractivity contribution in [3.63, 3.8) is 0 Å². The Labute approximate surface area is 127 Å². The van der Waals surface area contributed by atoms with Crippen LogP contribution in [0.2, 0.25) is 0 Å². The summed E-state index contributed by atoms with van der Waals surface area (Å²) < 4.78 is 19.1. The van der Waals surface area contributed by atoms with E-state index >= 15 is 0 Å². The molecule has 20 heavy (non-hydrogen) atoms. The molecule has 1 fully saturated rings. The first-order chi connectivity index (χ1) is 9.56. The molecular weight excluding hydrogens is 325 g/mol. The number of nitrogens with one attached hydrogen (secondary N) is 1. The van der Waals surface area contributed by atoms with Gasteiger partial charge in [-0.3, -0.25) is 4.79 Å². The van der Waals surface area contributed by atoms with Gasteiger partial charge in [-0.05, 0) is 53.9 Å². The minimum atomic E-state index is -0.598. The summed E-state index contributed by atoms with van der Waals surface area (Å²) in [6.45, 7) is 1.70. The van der Waals surface area contributed by atoms with E-state index in [1.54, 1.807) is 6.92 Å². The second kappa shape index (κ2) is 7.07. The Morgan fingerprint density at radius 2 is 2.10 bits per heavy atom. The van der Waals surface area contributed by atoms with Crippen LogP contribution in [0.4, 0.5) is 4.39 Å². The molecule has 1 aliphatic rings. The van der Waals surface area contributed by atoms with Crippen LogP contribution in [-0.2, 0) is 4.79 Å². The molecule has 110 valence electrons. The zero-order chi connectivity index (χ0) is 14.5. The topological polar surface area (TPSA) is 38.3 Å². The van der Waals surface area contributed by atoms with Crippen molar-refractivity contribution in [2.24, 2.45) is 0 Å². The highest BCUT2D eigenvalue weighted by molar-refractivity contribution is 9.10. The number of amides is 1. The Morgan fingerprint density at radius 1 is 1.40 bits per heavy atom. The summed E-state index contributed by atoms with van der Waals surface area (Å²) in [5.74, 6) is 0.00866. The standard InChI is InChI=1S/C15H19BrFNO2/c1-10(15(19)18-12-5-3-2-4-6-12)20-14-8-7-11(17)9-13(14)16/h7-10,12H,2-6H2,1H3,(H,18,19). The van der Waals surface area contributed by atoms with E-state index in [2.05, 4.69) is 21.2 Å². The van der Waals surface area contributed by atoms with Gasteiger partial charge in [-0.1, -0.05) is 19.3 Å². The molecule has 5 heteroatoms. The van der Waals surface area contributed by atoms with E-state index < -0.39 is 6.10 Å². The number of hydrogen-bond donors (Lipinski definition) is 1. The fourth-order valence-electron chi connectivity index (χ4n) is 2.38. The third-order valence-corrected chi connectivity index (χ3v) is 4.14. The Morgan fingerprint density at radius 3 is 2.75 bits per heavy atom. The number of ether oxygens (including phenoxy) is 1. The molecular formula is C15H19BrFNO2. The van der Waals surface area contributed by atoms with E-state index in [1.807, 2.05) is 0 Å². The number of rotatable bonds is 4. The van der Waals surface area contributed by atoms with Crippen molar-refractivity contribution < 1.29 is 13.9 Å². The van der Waals surface area contributed by atoms with Crippen molar-refractivity contribution in [2.75, 3.05) is 0 Å². The predicted molar refractivity (Wildman–Crippen MR) is 79.2 cm³/mol. The van der Waals surface area contributed by atoms with Crippen molar-refractivity contribution in [1.29, 1.82) is 0 Å². The van der Waals surface area contributed by atoms with Crippen LogP contribution in [0.3, 0.4) is 0 Å². The van der Waals surface area contributed by atoms with Gasteiger partial charge in [-0.25, -0.2) is 4.39 Å². The number of halogens is 2. The molecule has 0 aliphatic heterocycles. The lowest BCUT2D eigenvalue weighted by Crippen LogP contribution is -2.43. The highest BCUT2D eigenvalue weighted by atomic mass is 79.9. The molecule has 1 aliphatic carbocycles. The first kappa shape index (κ1) is 15.3. The maximum atomic E-state index is 13.0. The Kier molecular flexibility index (Phi) is 5.40. The molecule has 0 bridgehead atoms. The lowest BCUT2D eigenvalue weighted by Gasteiger charge is -2.24. The second-order valence-electron chi connectivity index (χ2n) is 5.18. The Balaban J connectivity index is 1.89. The van der Waals surface area contributed by atoms with E-state index in [-0.39, 0.29) is 17.8 Å². The zero-order valence-corrected chi connectivity index (χ0v) is 13.1. The van der Waals surface area contributed by atoms with Gasteiger partial charge < -0.3 is 10.1 Å². The van der Waals surface area contributed by atoms with Gasteiger partial charge in [0.1, 0.15) is 11.6 Å². The largest absolute Gasteiger partial charge is 0.480 e. The quantitative estimate of drug-likeness (QED) is 0.902. The molecule has 1 atom stereocenters. The summed E-state index contributed by atoms with van der Waals surface area (Å²) in [7, 11) is 0. The lowest BCUT2D eigenvalue weighted by molar-refractivity contribution is -0.128. The molecule has 0 spiro atoms. The third kappa shape index (κ3) is 4.20. The molecule has 0 heterocycles. The highest BCUT2D eigenvalue weighted by Crippen LogP contribution is 2.26.